The average Bonchev–Trinajstić information content (AvgIpc) is 2.47. The smallest absolute Gasteiger partial charge is 0.128 e. The number of aromatic nitrogens is 3. The Morgan fingerprint density at radius 2 is 1.70 bits per heavy atom. The number of aryl methyl sites for hydroxylation is 2. The Bertz CT molecular complexity index is 764. The Kier molecular flexibility index (Phi) is 3.06. The molecule has 0 radical (unpaired) electrons. The van der Waals surface area contributed by atoms with Gasteiger partial charge in [-0.2, -0.15) is 0 Å². The lowest BCUT2D eigenvalue weighted by Crippen LogP contribution is -1.97. The van der Waals surface area contributed by atoms with Gasteiger partial charge < -0.3 is 4.74 Å². The van der Waals surface area contributed by atoms with Crippen LogP contribution in [0.2, 0.25) is 0 Å². The first-order valence-electron chi connectivity index (χ1n) is 6.42. The predicted molar refractivity (Wildman–Crippen MR) is 78.8 cm³/mol. The Morgan fingerprint density at radius 3 is 2.40 bits per heavy atom. The average molecular weight is 265 g/mol. The molecule has 20 heavy (non-hydrogen) atoms. The van der Waals surface area contributed by atoms with E-state index in [1.165, 1.54) is 0 Å². The molecule has 0 spiro atoms. The molecule has 1 aromatic carbocycles. The molecule has 4 heteroatoms. The van der Waals surface area contributed by atoms with Crippen LogP contribution in [0, 0.1) is 13.8 Å². The largest absolute Gasteiger partial charge is 0.496 e. The fourth-order valence-electron chi connectivity index (χ4n) is 2.51. The van der Waals surface area contributed by atoms with Crippen LogP contribution < -0.4 is 4.74 Å². The maximum atomic E-state index is 5.41. The molecule has 0 saturated carbocycles. The van der Waals surface area contributed by atoms with E-state index < -0.39 is 0 Å². The second-order valence-electron chi connectivity index (χ2n) is 4.63. The van der Waals surface area contributed by atoms with E-state index in [4.69, 9.17) is 4.74 Å². The molecule has 3 aromatic rings. The highest BCUT2D eigenvalue weighted by atomic mass is 16.5. The molecule has 0 atom stereocenters. The summed E-state index contributed by atoms with van der Waals surface area (Å²) in [5.74, 6) is 0.823. The van der Waals surface area contributed by atoms with Crippen molar-refractivity contribution in [3.05, 3.63) is 48.2 Å². The lowest BCUT2D eigenvalue weighted by Gasteiger charge is -2.12. The molecule has 0 unspecified atom stereocenters. The van der Waals surface area contributed by atoms with Crippen molar-refractivity contribution < 1.29 is 4.74 Å². The van der Waals surface area contributed by atoms with Crippen molar-refractivity contribution in [2.24, 2.45) is 0 Å². The van der Waals surface area contributed by atoms with Crippen molar-refractivity contribution in [3.8, 4) is 16.9 Å². The Labute approximate surface area is 117 Å². The molecular formula is C16H15N3O. The van der Waals surface area contributed by atoms with Crippen LogP contribution in [0.3, 0.4) is 0 Å². The van der Waals surface area contributed by atoms with E-state index in [1.807, 2.05) is 38.1 Å². The van der Waals surface area contributed by atoms with E-state index in [0.717, 1.165) is 39.2 Å². The van der Waals surface area contributed by atoms with Crippen LogP contribution >= 0.6 is 0 Å². The third-order valence-electron chi connectivity index (χ3n) is 3.45. The molecule has 0 bridgehead atoms. The second kappa shape index (κ2) is 4.89. The maximum Gasteiger partial charge on any atom is 0.128 e. The first-order valence-corrected chi connectivity index (χ1v) is 6.42. The van der Waals surface area contributed by atoms with E-state index in [9.17, 15) is 0 Å². The van der Waals surface area contributed by atoms with Crippen LogP contribution in [-0.4, -0.2) is 22.1 Å². The summed E-state index contributed by atoms with van der Waals surface area (Å²) >= 11 is 0. The maximum absolute atomic E-state index is 5.41. The lowest BCUT2D eigenvalue weighted by molar-refractivity contribution is 0.420. The van der Waals surface area contributed by atoms with Gasteiger partial charge in [-0.1, -0.05) is 0 Å². The highest BCUT2D eigenvalue weighted by Crippen LogP contribution is 2.34. The van der Waals surface area contributed by atoms with Gasteiger partial charge in [0.05, 0.1) is 12.6 Å². The summed E-state index contributed by atoms with van der Waals surface area (Å²) in [6.07, 6.45) is 3.38. The fraction of sp³-hybridized carbons (Fsp3) is 0.188. The van der Waals surface area contributed by atoms with Crippen molar-refractivity contribution in [3.63, 3.8) is 0 Å². The molecule has 100 valence electrons. The minimum atomic E-state index is 0.823. The van der Waals surface area contributed by atoms with Gasteiger partial charge in [-0.25, -0.2) is 9.97 Å². The predicted octanol–water partition coefficient (Wildman–Crippen LogP) is 3.32. The van der Waals surface area contributed by atoms with Crippen LogP contribution in [0.25, 0.3) is 22.0 Å². The minimum absolute atomic E-state index is 0.823. The molecular weight excluding hydrogens is 250 g/mol. The quantitative estimate of drug-likeness (QED) is 0.713. The fourth-order valence-corrected chi connectivity index (χ4v) is 2.51. The minimum Gasteiger partial charge on any atom is -0.496 e. The molecule has 0 amide bonds. The zero-order chi connectivity index (χ0) is 14.1. The molecule has 0 aliphatic rings. The molecule has 3 rings (SSSR count). The summed E-state index contributed by atoms with van der Waals surface area (Å²) in [5.41, 5.74) is 4.90. The van der Waals surface area contributed by atoms with E-state index in [1.54, 1.807) is 19.6 Å². The topological polar surface area (TPSA) is 47.9 Å². The molecule has 0 aliphatic heterocycles. The summed E-state index contributed by atoms with van der Waals surface area (Å²) < 4.78 is 5.41. The molecule has 0 saturated heterocycles. The first-order chi connectivity index (χ1) is 9.72. The van der Waals surface area contributed by atoms with Crippen molar-refractivity contribution in [1.29, 1.82) is 0 Å². The summed E-state index contributed by atoms with van der Waals surface area (Å²) in [5, 5.41) is 0.996. The van der Waals surface area contributed by atoms with Crippen molar-refractivity contribution in [2.75, 3.05) is 7.11 Å². The van der Waals surface area contributed by atoms with Gasteiger partial charge in [0.15, 0.2) is 0 Å². The monoisotopic (exact) mass is 265 g/mol. The number of nitrogens with zero attached hydrogens (tertiary/aromatic N) is 3. The number of benzene rings is 1. The van der Waals surface area contributed by atoms with Crippen LogP contribution in [0.4, 0.5) is 0 Å². The van der Waals surface area contributed by atoms with Crippen LogP contribution in [0.15, 0.2) is 36.8 Å². The normalized spacial score (nSPS) is 10.8. The van der Waals surface area contributed by atoms with Gasteiger partial charge in [0.2, 0.25) is 0 Å². The standard InChI is InChI=1S/C16H15N3O/c1-10-15(11(2)19-9-18-10)13-6-7-14(20-3)12-5-4-8-17-16(12)13/h4-9H,1-3H3. The van der Waals surface area contributed by atoms with E-state index >= 15 is 0 Å². The van der Waals surface area contributed by atoms with E-state index in [0.29, 0.717) is 0 Å². The van der Waals surface area contributed by atoms with Crippen LogP contribution in [0.1, 0.15) is 11.4 Å². The van der Waals surface area contributed by atoms with Gasteiger partial charge in [-0.05, 0) is 38.1 Å². The number of rotatable bonds is 2. The molecule has 0 aliphatic carbocycles. The first kappa shape index (κ1) is 12.5. The highest BCUT2D eigenvalue weighted by Gasteiger charge is 2.14. The van der Waals surface area contributed by atoms with Gasteiger partial charge in [0, 0.05) is 34.1 Å². The van der Waals surface area contributed by atoms with Gasteiger partial charge in [0.1, 0.15) is 12.1 Å². The summed E-state index contributed by atoms with van der Waals surface area (Å²) in [6, 6.07) is 7.91. The van der Waals surface area contributed by atoms with Gasteiger partial charge >= 0.3 is 0 Å². The van der Waals surface area contributed by atoms with Crippen molar-refractivity contribution >= 4 is 10.9 Å². The van der Waals surface area contributed by atoms with Crippen LogP contribution in [0.5, 0.6) is 5.75 Å². The molecule has 0 N–H and O–H groups in total. The summed E-state index contributed by atoms with van der Waals surface area (Å²) in [6.45, 7) is 3.98. The van der Waals surface area contributed by atoms with Gasteiger partial charge in [-0.15, -0.1) is 0 Å². The van der Waals surface area contributed by atoms with E-state index in [-0.39, 0.29) is 0 Å². The zero-order valence-corrected chi connectivity index (χ0v) is 11.7. The molecule has 2 heterocycles. The van der Waals surface area contributed by atoms with Crippen molar-refractivity contribution in [2.45, 2.75) is 13.8 Å². The summed E-state index contributed by atoms with van der Waals surface area (Å²) in [7, 11) is 1.67. The summed E-state index contributed by atoms with van der Waals surface area (Å²) in [4.78, 5) is 13.1. The lowest BCUT2D eigenvalue weighted by atomic mass is 9.99. The number of methoxy groups -OCH3 is 1. The third-order valence-corrected chi connectivity index (χ3v) is 3.45. The number of fused-ring (bicyclic) bond motifs is 1. The number of hydrogen-bond donors (Lipinski definition) is 0. The number of pyridine rings is 1. The molecule has 4 nitrogen and oxygen atoms in total. The van der Waals surface area contributed by atoms with Gasteiger partial charge in [0.25, 0.3) is 0 Å². The second-order valence-corrected chi connectivity index (χ2v) is 4.63. The molecule has 2 aromatic heterocycles. The number of ether oxygens (including phenoxy) is 1. The highest BCUT2D eigenvalue weighted by molar-refractivity contribution is 5.98. The van der Waals surface area contributed by atoms with E-state index in [2.05, 4.69) is 15.0 Å². The Hall–Kier alpha value is -2.49. The Balaban J connectivity index is 2.38. The third kappa shape index (κ3) is 1.90. The SMILES string of the molecule is COc1ccc(-c2c(C)ncnc2C)c2ncccc12. The Morgan fingerprint density at radius 1 is 0.950 bits per heavy atom. The van der Waals surface area contributed by atoms with Crippen LogP contribution in [-0.2, 0) is 0 Å². The van der Waals surface area contributed by atoms with Gasteiger partial charge in [-0.3, -0.25) is 4.98 Å². The zero-order valence-electron chi connectivity index (χ0n) is 11.7. The van der Waals surface area contributed by atoms with Crippen molar-refractivity contribution in [1.82, 2.24) is 15.0 Å². The number of hydrogen-bond acceptors (Lipinski definition) is 4. The molecule has 0 fully saturated rings.